The molecule has 0 saturated carbocycles. The summed E-state index contributed by atoms with van der Waals surface area (Å²) in [6.45, 7) is 6.52. The van der Waals surface area contributed by atoms with Crippen LogP contribution in [0.5, 0.6) is 0 Å². The molecule has 1 unspecified atom stereocenters. The van der Waals surface area contributed by atoms with Crippen molar-refractivity contribution >= 4 is 17.9 Å². The van der Waals surface area contributed by atoms with E-state index in [0.29, 0.717) is 19.3 Å². The molecule has 0 rings (SSSR count). The van der Waals surface area contributed by atoms with Gasteiger partial charge in [-0.15, -0.1) is 0 Å². The monoisotopic (exact) mass is 991 g/mol. The summed E-state index contributed by atoms with van der Waals surface area (Å²) in [6, 6.07) is 0. The summed E-state index contributed by atoms with van der Waals surface area (Å²) >= 11 is 0. The quantitative estimate of drug-likeness (QED) is 0.0261. The molecular formula is C65H114O6. The molecule has 0 aliphatic heterocycles. The summed E-state index contributed by atoms with van der Waals surface area (Å²) in [4.78, 5) is 38.3. The van der Waals surface area contributed by atoms with Crippen molar-refractivity contribution in [1.82, 2.24) is 0 Å². The van der Waals surface area contributed by atoms with Crippen LogP contribution in [-0.4, -0.2) is 37.2 Å². The Morgan fingerprint density at radius 1 is 0.296 bits per heavy atom. The van der Waals surface area contributed by atoms with Crippen LogP contribution >= 0.6 is 0 Å². The van der Waals surface area contributed by atoms with Gasteiger partial charge in [-0.2, -0.15) is 0 Å². The molecule has 0 aliphatic rings. The fraction of sp³-hybridized carbons (Fsp3) is 0.769. The molecule has 6 nitrogen and oxygen atoms in total. The first-order valence-electron chi connectivity index (χ1n) is 30.4. The maximum Gasteiger partial charge on any atom is 0.306 e. The van der Waals surface area contributed by atoms with Crippen molar-refractivity contribution in [3.05, 3.63) is 72.9 Å². The zero-order valence-corrected chi connectivity index (χ0v) is 47.0. The molecule has 6 heteroatoms. The SMILES string of the molecule is CC/C=C\C/C=C\C/C=C\CCCCCCCCCCCC(=O)OCC(COC(=O)CCCCCCCCC/C=C\CCCCCCCC)OC(=O)CCCCCCCCC/C=C\C/C=C\CCCCC. The molecule has 410 valence electrons. The first kappa shape index (κ1) is 67.8. The van der Waals surface area contributed by atoms with Gasteiger partial charge in [-0.1, -0.05) is 248 Å². The second-order valence-corrected chi connectivity index (χ2v) is 20.2. The Balaban J connectivity index is 4.39. The van der Waals surface area contributed by atoms with Crippen LogP contribution in [0.15, 0.2) is 72.9 Å². The Morgan fingerprint density at radius 3 is 0.901 bits per heavy atom. The molecule has 0 bridgehead atoms. The van der Waals surface area contributed by atoms with E-state index in [1.165, 1.54) is 173 Å². The predicted molar refractivity (Wildman–Crippen MR) is 307 cm³/mol. The zero-order chi connectivity index (χ0) is 51.4. The highest BCUT2D eigenvalue weighted by Gasteiger charge is 2.19. The number of carbonyl (C=O) groups is 3. The van der Waals surface area contributed by atoms with Crippen LogP contribution in [0.1, 0.15) is 303 Å². The molecule has 0 aromatic rings. The molecule has 1 atom stereocenters. The van der Waals surface area contributed by atoms with Gasteiger partial charge in [0, 0.05) is 19.3 Å². The molecule has 0 fully saturated rings. The van der Waals surface area contributed by atoms with Gasteiger partial charge in [-0.05, 0) is 109 Å². The van der Waals surface area contributed by atoms with Gasteiger partial charge < -0.3 is 14.2 Å². The van der Waals surface area contributed by atoms with Gasteiger partial charge in [0.15, 0.2) is 6.10 Å². The van der Waals surface area contributed by atoms with E-state index in [1.54, 1.807) is 0 Å². The number of rotatable bonds is 55. The largest absolute Gasteiger partial charge is 0.462 e. The van der Waals surface area contributed by atoms with Crippen LogP contribution in [0.25, 0.3) is 0 Å². The van der Waals surface area contributed by atoms with Gasteiger partial charge >= 0.3 is 17.9 Å². The minimum Gasteiger partial charge on any atom is -0.462 e. The van der Waals surface area contributed by atoms with E-state index >= 15 is 0 Å². The molecule has 0 amide bonds. The zero-order valence-electron chi connectivity index (χ0n) is 47.0. The van der Waals surface area contributed by atoms with Crippen LogP contribution in [0.4, 0.5) is 0 Å². The second-order valence-electron chi connectivity index (χ2n) is 20.2. The van der Waals surface area contributed by atoms with Crippen molar-refractivity contribution in [2.24, 2.45) is 0 Å². The van der Waals surface area contributed by atoms with Crippen molar-refractivity contribution in [1.29, 1.82) is 0 Å². The van der Waals surface area contributed by atoms with Gasteiger partial charge in [0.1, 0.15) is 13.2 Å². The van der Waals surface area contributed by atoms with E-state index < -0.39 is 6.10 Å². The highest BCUT2D eigenvalue weighted by Crippen LogP contribution is 2.16. The third kappa shape index (κ3) is 57.6. The Hall–Kier alpha value is -3.15. The van der Waals surface area contributed by atoms with Crippen LogP contribution in [0.2, 0.25) is 0 Å². The summed E-state index contributed by atoms with van der Waals surface area (Å²) < 4.78 is 16.9. The molecule has 0 aromatic heterocycles. The third-order valence-corrected chi connectivity index (χ3v) is 13.2. The Labute approximate surface area is 440 Å². The Kier molecular flexibility index (Phi) is 56.8. The third-order valence-electron chi connectivity index (χ3n) is 13.2. The number of ether oxygens (including phenoxy) is 3. The first-order valence-corrected chi connectivity index (χ1v) is 30.4. The summed E-state index contributed by atoms with van der Waals surface area (Å²) in [6.07, 6.45) is 76.0. The van der Waals surface area contributed by atoms with Crippen molar-refractivity contribution in [2.45, 2.75) is 309 Å². The number of allylic oxidation sites excluding steroid dienone is 12. The van der Waals surface area contributed by atoms with E-state index in [2.05, 4.69) is 93.7 Å². The van der Waals surface area contributed by atoms with E-state index in [9.17, 15) is 14.4 Å². The van der Waals surface area contributed by atoms with Gasteiger partial charge in [0.2, 0.25) is 0 Å². The summed E-state index contributed by atoms with van der Waals surface area (Å²) in [7, 11) is 0. The van der Waals surface area contributed by atoms with Gasteiger partial charge in [0.05, 0.1) is 0 Å². The fourth-order valence-corrected chi connectivity index (χ4v) is 8.60. The predicted octanol–water partition coefficient (Wildman–Crippen LogP) is 20.5. The lowest BCUT2D eigenvalue weighted by Gasteiger charge is -2.18. The summed E-state index contributed by atoms with van der Waals surface area (Å²) in [5.74, 6) is -0.887. The fourth-order valence-electron chi connectivity index (χ4n) is 8.60. The molecule has 0 aromatic carbocycles. The van der Waals surface area contributed by atoms with Crippen LogP contribution in [0.3, 0.4) is 0 Å². The maximum atomic E-state index is 12.9. The lowest BCUT2D eigenvalue weighted by atomic mass is 10.1. The van der Waals surface area contributed by atoms with Gasteiger partial charge in [0.25, 0.3) is 0 Å². The minimum absolute atomic E-state index is 0.0814. The molecule has 0 aliphatic carbocycles. The standard InChI is InChI=1S/C65H114O6/c1-4-7-10-13-16-19-22-25-28-31-32-35-37-40-43-46-49-52-55-58-64(67)70-61-62(71-65(68)59-56-53-50-47-44-41-38-34-30-27-24-21-18-15-12-9-6-3)60-69-63(66)57-54-51-48-45-42-39-36-33-29-26-23-20-17-14-11-8-5-2/h7,10,16,18-19,21,25-30,62H,4-6,8-9,11-15,17,20,22-24,31-61H2,1-3H3/b10-7-,19-16-,21-18-,28-25-,29-26-,30-27-. The van der Waals surface area contributed by atoms with E-state index in [0.717, 1.165) is 89.9 Å². The van der Waals surface area contributed by atoms with Crippen molar-refractivity contribution < 1.29 is 28.6 Å². The molecule has 0 spiro atoms. The molecule has 71 heavy (non-hydrogen) atoms. The van der Waals surface area contributed by atoms with E-state index in [1.807, 2.05) is 0 Å². The molecule has 0 radical (unpaired) electrons. The average molecular weight is 992 g/mol. The Morgan fingerprint density at radius 2 is 0.549 bits per heavy atom. The number of hydrogen-bond donors (Lipinski definition) is 0. The lowest BCUT2D eigenvalue weighted by Crippen LogP contribution is -2.30. The molecular weight excluding hydrogens is 877 g/mol. The van der Waals surface area contributed by atoms with Crippen LogP contribution in [0, 0.1) is 0 Å². The normalized spacial score (nSPS) is 12.5. The molecule has 0 N–H and O–H groups in total. The number of esters is 3. The van der Waals surface area contributed by atoms with Crippen molar-refractivity contribution in [2.75, 3.05) is 13.2 Å². The molecule has 0 saturated heterocycles. The van der Waals surface area contributed by atoms with Gasteiger partial charge in [-0.3, -0.25) is 14.4 Å². The second kappa shape index (κ2) is 59.4. The summed E-state index contributed by atoms with van der Waals surface area (Å²) in [5, 5.41) is 0. The highest BCUT2D eigenvalue weighted by molar-refractivity contribution is 5.71. The number of unbranched alkanes of at least 4 members (excludes halogenated alkanes) is 32. The number of carbonyl (C=O) groups excluding carboxylic acids is 3. The van der Waals surface area contributed by atoms with E-state index in [-0.39, 0.29) is 31.1 Å². The van der Waals surface area contributed by atoms with Crippen molar-refractivity contribution in [3.8, 4) is 0 Å². The Bertz CT molecular complexity index is 1320. The highest BCUT2D eigenvalue weighted by atomic mass is 16.6. The van der Waals surface area contributed by atoms with Crippen LogP contribution in [-0.2, 0) is 28.6 Å². The average Bonchev–Trinajstić information content (AvgIpc) is 3.37. The van der Waals surface area contributed by atoms with Crippen molar-refractivity contribution in [3.63, 3.8) is 0 Å². The van der Waals surface area contributed by atoms with E-state index in [4.69, 9.17) is 14.2 Å². The molecule has 0 heterocycles. The maximum absolute atomic E-state index is 12.9. The lowest BCUT2D eigenvalue weighted by molar-refractivity contribution is -0.167. The first-order chi connectivity index (χ1) is 35.0. The summed E-state index contributed by atoms with van der Waals surface area (Å²) in [5.41, 5.74) is 0. The number of hydrogen-bond acceptors (Lipinski definition) is 6. The minimum atomic E-state index is -0.784. The smallest absolute Gasteiger partial charge is 0.306 e. The van der Waals surface area contributed by atoms with Crippen LogP contribution < -0.4 is 0 Å². The topological polar surface area (TPSA) is 78.9 Å². The van der Waals surface area contributed by atoms with Gasteiger partial charge in [-0.25, -0.2) is 0 Å².